The monoisotopic (exact) mass is 428 g/mol. The molecule has 1 aliphatic heterocycles. The summed E-state index contributed by atoms with van der Waals surface area (Å²) < 4.78 is 21.3. The molecule has 2 aromatic rings. The Kier molecular flexibility index (Phi) is 7.63. The van der Waals surface area contributed by atoms with Gasteiger partial charge in [0.2, 0.25) is 5.91 Å². The van der Waals surface area contributed by atoms with Crippen LogP contribution < -0.4 is 5.32 Å². The largest absolute Gasteiger partial charge is 0.465 e. The summed E-state index contributed by atoms with van der Waals surface area (Å²) in [6.07, 6.45) is 0.0395. The van der Waals surface area contributed by atoms with Gasteiger partial charge in [0.1, 0.15) is 5.82 Å². The molecule has 0 radical (unpaired) electrons. The first-order chi connectivity index (χ1) is 14.9. The highest BCUT2D eigenvalue weighted by Gasteiger charge is 2.33. The van der Waals surface area contributed by atoms with Gasteiger partial charge in [-0.2, -0.15) is 0 Å². The molecule has 0 bridgehead atoms. The molecule has 6 nitrogen and oxygen atoms in total. The highest BCUT2D eigenvalue weighted by atomic mass is 19.1. The van der Waals surface area contributed by atoms with Crippen molar-refractivity contribution in [1.82, 2.24) is 10.2 Å². The van der Waals surface area contributed by atoms with Gasteiger partial charge in [0.25, 0.3) is 0 Å². The predicted octanol–water partition coefficient (Wildman–Crippen LogP) is 4.38. The number of likely N-dealkylation sites (tertiary alicyclic amines) is 1. The van der Waals surface area contributed by atoms with E-state index in [-0.39, 0.29) is 24.2 Å². The molecule has 31 heavy (non-hydrogen) atoms. The zero-order valence-electron chi connectivity index (χ0n) is 17.9. The number of hydrogen-bond acceptors (Lipinski definition) is 3. The fourth-order valence-electron chi connectivity index (χ4n) is 4.21. The summed E-state index contributed by atoms with van der Waals surface area (Å²) in [5.74, 6) is -0.613. The minimum Gasteiger partial charge on any atom is -0.465 e. The van der Waals surface area contributed by atoms with E-state index in [0.29, 0.717) is 30.8 Å². The number of ether oxygens (including phenoxy) is 1. The number of benzene rings is 2. The molecule has 2 atom stereocenters. The molecule has 2 amide bonds. The van der Waals surface area contributed by atoms with Crippen molar-refractivity contribution in [2.24, 2.45) is 5.92 Å². The van der Waals surface area contributed by atoms with Gasteiger partial charge in [0.05, 0.1) is 12.7 Å². The molecule has 3 rings (SSSR count). The summed E-state index contributed by atoms with van der Waals surface area (Å²) in [5, 5.41) is 12.2. The van der Waals surface area contributed by atoms with Crippen LogP contribution in [0.15, 0.2) is 42.5 Å². The lowest BCUT2D eigenvalue weighted by molar-refractivity contribution is -0.119. The van der Waals surface area contributed by atoms with Gasteiger partial charge in [-0.1, -0.05) is 42.0 Å². The fourth-order valence-corrected chi connectivity index (χ4v) is 4.21. The smallest absolute Gasteiger partial charge is 0.407 e. The third kappa shape index (κ3) is 5.82. The highest BCUT2D eigenvalue weighted by molar-refractivity contribution is 5.72. The number of carbonyl (C=O) groups excluding carboxylic acids is 1. The number of carbonyl (C=O) groups is 2. The van der Waals surface area contributed by atoms with Gasteiger partial charge in [-0.25, -0.2) is 9.18 Å². The summed E-state index contributed by atoms with van der Waals surface area (Å²) in [5.41, 5.74) is 2.95. The van der Waals surface area contributed by atoms with Crippen molar-refractivity contribution in [3.8, 4) is 11.1 Å². The second-order valence-electron chi connectivity index (χ2n) is 7.98. The maximum absolute atomic E-state index is 15.1. The second kappa shape index (κ2) is 10.4. The Balaban J connectivity index is 1.97. The van der Waals surface area contributed by atoms with Crippen LogP contribution in [0.4, 0.5) is 9.18 Å². The van der Waals surface area contributed by atoms with Crippen LogP contribution in [0, 0.1) is 18.7 Å². The first-order valence-electron chi connectivity index (χ1n) is 10.6. The lowest BCUT2D eigenvalue weighted by Gasteiger charge is -2.36. The maximum atomic E-state index is 15.1. The summed E-state index contributed by atoms with van der Waals surface area (Å²) in [6.45, 7) is 4.78. The lowest BCUT2D eigenvalue weighted by atomic mass is 9.84. The number of nitrogens with zero attached hydrogens (tertiary/aromatic N) is 1. The third-order valence-electron chi connectivity index (χ3n) is 5.59. The molecule has 1 aliphatic rings. The normalized spacial score (nSPS) is 17.3. The molecule has 7 heteroatoms. The lowest BCUT2D eigenvalue weighted by Crippen LogP contribution is -2.41. The SMILES string of the molecule is CC(=O)NCCO[C@@H](c1cccc(F)c1-c1cccc(C)c1)C1CCCN(C(=O)O)C1. The zero-order valence-corrected chi connectivity index (χ0v) is 17.9. The van der Waals surface area contributed by atoms with E-state index < -0.39 is 12.2 Å². The topological polar surface area (TPSA) is 78.9 Å². The van der Waals surface area contributed by atoms with Crippen molar-refractivity contribution >= 4 is 12.0 Å². The Hall–Kier alpha value is -2.93. The average molecular weight is 429 g/mol. The summed E-state index contributed by atoms with van der Waals surface area (Å²) >= 11 is 0. The minimum atomic E-state index is -0.958. The number of amides is 2. The van der Waals surface area contributed by atoms with Gasteiger partial charge in [-0.05, 0) is 37.0 Å². The first-order valence-corrected chi connectivity index (χ1v) is 10.6. The molecule has 1 saturated heterocycles. The molecule has 0 aliphatic carbocycles. The standard InChI is InChI=1S/C24H29FN2O4/c1-16-6-3-7-18(14-16)22-20(9-4-10-21(22)25)23(31-13-11-26-17(2)28)19-8-5-12-27(15-19)24(29)30/h3-4,6-7,9-10,14,19,23H,5,8,11-13,15H2,1-2H3,(H,26,28)(H,29,30)/t19?,23-/m1/s1. The Morgan fingerprint density at radius 3 is 2.77 bits per heavy atom. The van der Waals surface area contributed by atoms with Crippen LogP contribution in [0.1, 0.15) is 37.0 Å². The van der Waals surface area contributed by atoms with Gasteiger partial charge in [-0.15, -0.1) is 0 Å². The van der Waals surface area contributed by atoms with E-state index in [2.05, 4.69) is 5.32 Å². The molecule has 0 aromatic heterocycles. The van der Waals surface area contributed by atoms with E-state index in [0.717, 1.165) is 24.0 Å². The Morgan fingerprint density at radius 2 is 2.06 bits per heavy atom. The number of carboxylic acid groups (broad SMARTS) is 1. The van der Waals surface area contributed by atoms with Crippen molar-refractivity contribution in [2.45, 2.75) is 32.8 Å². The Labute approximate surface area is 182 Å². The first kappa shape index (κ1) is 22.7. The van der Waals surface area contributed by atoms with E-state index in [1.807, 2.05) is 37.3 Å². The van der Waals surface area contributed by atoms with E-state index >= 15 is 4.39 Å². The van der Waals surface area contributed by atoms with Crippen molar-refractivity contribution in [3.63, 3.8) is 0 Å². The number of hydrogen-bond donors (Lipinski definition) is 2. The molecule has 2 aromatic carbocycles. The van der Waals surface area contributed by atoms with Gasteiger partial charge in [0.15, 0.2) is 0 Å². The van der Waals surface area contributed by atoms with Gasteiger partial charge >= 0.3 is 6.09 Å². The molecule has 1 fully saturated rings. The number of halogens is 1. The van der Waals surface area contributed by atoms with Crippen molar-refractivity contribution in [2.75, 3.05) is 26.2 Å². The molecule has 0 saturated carbocycles. The average Bonchev–Trinajstić information content (AvgIpc) is 2.73. The zero-order chi connectivity index (χ0) is 22.4. The van der Waals surface area contributed by atoms with Gasteiger partial charge < -0.3 is 20.1 Å². The van der Waals surface area contributed by atoms with Crippen LogP contribution in [0.25, 0.3) is 11.1 Å². The number of piperidine rings is 1. The van der Waals surface area contributed by atoms with Gasteiger partial charge in [0, 0.05) is 38.0 Å². The number of rotatable bonds is 7. The minimum absolute atomic E-state index is 0.118. The van der Waals surface area contributed by atoms with E-state index in [4.69, 9.17) is 4.74 Å². The Morgan fingerprint density at radius 1 is 1.29 bits per heavy atom. The van der Waals surface area contributed by atoms with Crippen molar-refractivity contribution < 1.29 is 23.8 Å². The van der Waals surface area contributed by atoms with Crippen LogP contribution in [-0.2, 0) is 9.53 Å². The van der Waals surface area contributed by atoms with Crippen LogP contribution in [0.2, 0.25) is 0 Å². The number of nitrogens with one attached hydrogen (secondary N) is 1. The summed E-state index contributed by atoms with van der Waals surface area (Å²) in [6, 6.07) is 12.6. The predicted molar refractivity (Wildman–Crippen MR) is 116 cm³/mol. The molecule has 1 unspecified atom stereocenters. The number of aryl methyl sites for hydroxylation is 1. The van der Waals surface area contributed by atoms with E-state index in [1.54, 1.807) is 6.07 Å². The summed E-state index contributed by atoms with van der Waals surface area (Å²) in [4.78, 5) is 24.2. The van der Waals surface area contributed by atoms with Crippen LogP contribution >= 0.6 is 0 Å². The maximum Gasteiger partial charge on any atom is 0.407 e. The third-order valence-corrected chi connectivity index (χ3v) is 5.59. The fraction of sp³-hybridized carbons (Fsp3) is 0.417. The van der Waals surface area contributed by atoms with Gasteiger partial charge in [-0.3, -0.25) is 4.79 Å². The van der Waals surface area contributed by atoms with Crippen molar-refractivity contribution in [1.29, 1.82) is 0 Å². The Bertz CT molecular complexity index is 934. The highest BCUT2D eigenvalue weighted by Crippen LogP contribution is 2.39. The van der Waals surface area contributed by atoms with Crippen molar-refractivity contribution in [3.05, 3.63) is 59.4 Å². The van der Waals surface area contributed by atoms with Crippen LogP contribution in [0.3, 0.4) is 0 Å². The molecule has 2 N–H and O–H groups in total. The second-order valence-corrected chi connectivity index (χ2v) is 7.98. The van der Waals surface area contributed by atoms with E-state index in [9.17, 15) is 14.7 Å². The van der Waals surface area contributed by atoms with E-state index in [1.165, 1.54) is 17.9 Å². The van der Waals surface area contributed by atoms with Crippen LogP contribution in [0.5, 0.6) is 0 Å². The van der Waals surface area contributed by atoms with Crippen LogP contribution in [-0.4, -0.2) is 48.2 Å². The molecular formula is C24H29FN2O4. The quantitative estimate of drug-likeness (QED) is 0.642. The molecule has 166 valence electrons. The molecule has 1 heterocycles. The molecular weight excluding hydrogens is 399 g/mol. The molecule has 0 spiro atoms. The summed E-state index contributed by atoms with van der Waals surface area (Å²) in [7, 11) is 0.